The standard InChI is InChI=1S/C17H24N4O/c1-12(18)10-11-16(22)20-17-19-14-8-4-5-9-15(14)21(17)13-6-2-3-7-13/h4-5,8-9,12-13H,2-3,6-7,10-11,18H2,1H3,(H,19,20,22). The van der Waals surface area contributed by atoms with Gasteiger partial charge in [-0.1, -0.05) is 25.0 Å². The molecule has 5 heteroatoms. The smallest absolute Gasteiger partial charge is 0.226 e. The monoisotopic (exact) mass is 300 g/mol. The number of imidazole rings is 1. The van der Waals surface area contributed by atoms with Crippen molar-refractivity contribution in [2.45, 2.75) is 57.5 Å². The lowest BCUT2D eigenvalue weighted by Gasteiger charge is -2.16. The van der Waals surface area contributed by atoms with E-state index >= 15 is 0 Å². The lowest BCUT2D eigenvalue weighted by Crippen LogP contribution is -2.21. The van der Waals surface area contributed by atoms with Crippen LogP contribution in [0.5, 0.6) is 0 Å². The highest BCUT2D eigenvalue weighted by Crippen LogP contribution is 2.35. The van der Waals surface area contributed by atoms with Gasteiger partial charge in [0, 0.05) is 18.5 Å². The molecule has 3 N–H and O–H groups in total. The van der Waals surface area contributed by atoms with E-state index in [1.807, 2.05) is 25.1 Å². The van der Waals surface area contributed by atoms with Crippen molar-refractivity contribution in [3.8, 4) is 0 Å². The van der Waals surface area contributed by atoms with E-state index in [0.29, 0.717) is 24.8 Å². The van der Waals surface area contributed by atoms with E-state index in [0.717, 1.165) is 23.9 Å². The Labute approximate surface area is 130 Å². The van der Waals surface area contributed by atoms with Crippen molar-refractivity contribution >= 4 is 22.9 Å². The molecule has 1 aliphatic carbocycles. The SMILES string of the molecule is CC(N)CCC(=O)Nc1nc2ccccc2n1C1CCCC1. The van der Waals surface area contributed by atoms with Crippen molar-refractivity contribution in [3.63, 3.8) is 0 Å². The molecule has 3 rings (SSSR count). The molecule has 22 heavy (non-hydrogen) atoms. The maximum Gasteiger partial charge on any atom is 0.226 e. The van der Waals surface area contributed by atoms with Crippen molar-refractivity contribution in [3.05, 3.63) is 24.3 Å². The van der Waals surface area contributed by atoms with Crippen molar-refractivity contribution < 1.29 is 4.79 Å². The molecule has 1 saturated carbocycles. The fourth-order valence-electron chi connectivity index (χ4n) is 3.21. The molecule has 1 aromatic heterocycles. The zero-order chi connectivity index (χ0) is 15.5. The van der Waals surface area contributed by atoms with E-state index < -0.39 is 0 Å². The third kappa shape index (κ3) is 3.14. The number of rotatable bonds is 5. The minimum absolute atomic E-state index is 0.00754. The molecule has 0 bridgehead atoms. The van der Waals surface area contributed by atoms with Crippen LogP contribution in [0.2, 0.25) is 0 Å². The highest BCUT2D eigenvalue weighted by molar-refractivity contribution is 5.91. The summed E-state index contributed by atoms with van der Waals surface area (Å²) in [4.78, 5) is 16.8. The number of carbonyl (C=O) groups excluding carboxylic acids is 1. The number of aromatic nitrogens is 2. The Morgan fingerprint density at radius 2 is 2.14 bits per heavy atom. The predicted octanol–water partition coefficient (Wildman–Crippen LogP) is 3.22. The molecule has 0 radical (unpaired) electrons. The molecule has 0 aliphatic heterocycles. The van der Waals surface area contributed by atoms with E-state index in [1.54, 1.807) is 0 Å². The zero-order valence-corrected chi connectivity index (χ0v) is 13.1. The topological polar surface area (TPSA) is 72.9 Å². The van der Waals surface area contributed by atoms with E-state index in [1.165, 1.54) is 12.8 Å². The highest BCUT2D eigenvalue weighted by Gasteiger charge is 2.23. The van der Waals surface area contributed by atoms with Crippen LogP contribution < -0.4 is 11.1 Å². The summed E-state index contributed by atoms with van der Waals surface area (Å²) in [6, 6.07) is 8.57. The van der Waals surface area contributed by atoms with Gasteiger partial charge in [0.15, 0.2) is 0 Å². The first-order chi connectivity index (χ1) is 10.6. The summed E-state index contributed by atoms with van der Waals surface area (Å²) in [5.41, 5.74) is 7.77. The summed E-state index contributed by atoms with van der Waals surface area (Å²) in [7, 11) is 0. The number of nitrogens with one attached hydrogen (secondary N) is 1. The quantitative estimate of drug-likeness (QED) is 0.890. The summed E-state index contributed by atoms with van der Waals surface area (Å²) in [5, 5.41) is 2.99. The number of hydrogen-bond donors (Lipinski definition) is 2. The van der Waals surface area contributed by atoms with Gasteiger partial charge in [-0.3, -0.25) is 10.1 Å². The van der Waals surface area contributed by atoms with E-state index in [2.05, 4.69) is 20.9 Å². The summed E-state index contributed by atoms with van der Waals surface area (Å²) >= 11 is 0. The predicted molar refractivity (Wildman–Crippen MR) is 88.8 cm³/mol. The Morgan fingerprint density at radius 1 is 1.41 bits per heavy atom. The van der Waals surface area contributed by atoms with Gasteiger partial charge in [0.1, 0.15) is 0 Å². The normalized spacial score (nSPS) is 17.0. The molecule has 0 saturated heterocycles. The molecule has 1 aromatic carbocycles. The van der Waals surface area contributed by atoms with Gasteiger partial charge in [-0.2, -0.15) is 0 Å². The number of para-hydroxylation sites is 2. The Bertz CT molecular complexity index is 656. The van der Waals surface area contributed by atoms with E-state index in [4.69, 9.17) is 5.73 Å². The molecule has 1 heterocycles. The van der Waals surface area contributed by atoms with Gasteiger partial charge in [-0.15, -0.1) is 0 Å². The minimum atomic E-state index is -0.00754. The average molecular weight is 300 g/mol. The third-order valence-electron chi connectivity index (χ3n) is 4.36. The van der Waals surface area contributed by atoms with E-state index in [-0.39, 0.29) is 11.9 Å². The molecule has 1 atom stereocenters. The van der Waals surface area contributed by atoms with Crippen LogP contribution in [-0.4, -0.2) is 21.5 Å². The zero-order valence-electron chi connectivity index (χ0n) is 13.1. The Hall–Kier alpha value is -1.88. The molecule has 0 spiro atoms. The van der Waals surface area contributed by atoms with Crippen LogP contribution in [0.25, 0.3) is 11.0 Å². The summed E-state index contributed by atoms with van der Waals surface area (Å²) < 4.78 is 2.21. The van der Waals surface area contributed by atoms with Crippen molar-refractivity contribution in [1.29, 1.82) is 0 Å². The van der Waals surface area contributed by atoms with Crippen LogP contribution in [0.3, 0.4) is 0 Å². The Balaban J connectivity index is 1.87. The lowest BCUT2D eigenvalue weighted by molar-refractivity contribution is -0.116. The number of nitrogens with zero attached hydrogens (tertiary/aromatic N) is 2. The fourth-order valence-corrected chi connectivity index (χ4v) is 3.21. The molecular weight excluding hydrogens is 276 g/mol. The maximum atomic E-state index is 12.1. The largest absolute Gasteiger partial charge is 0.328 e. The minimum Gasteiger partial charge on any atom is -0.328 e. The number of nitrogens with two attached hydrogens (primary N) is 1. The average Bonchev–Trinajstić information content (AvgIpc) is 3.11. The number of benzene rings is 1. The van der Waals surface area contributed by atoms with Crippen molar-refractivity contribution in [2.24, 2.45) is 5.73 Å². The molecule has 1 unspecified atom stereocenters. The molecule has 2 aromatic rings. The lowest BCUT2D eigenvalue weighted by atomic mass is 10.2. The van der Waals surface area contributed by atoms with Gasteiger partial charge >= 0.3 is 0 Å². The van der Waals surface area contributed by atoms with Crippen LogP contribution in [-0.2, 0) is 4.79 Å². The van der Waals surface area contributed by atoms with Gasteiger partial charge in [0.05, 0.1) is 11.0 Å². The fraction of sp³-hybridized carbons (Fsp3) is 0.529. The molecular formula is C17H24N4O. The molecule has 1 amide bonds. The van der Waals surface area contributed by atoms with Crippen LogP contribution in [0.15, 0.2) is 24.3 Å². The molecule has 118 valence electrons. The maximum absolute atomic E-state index is 12.1. The number of anilines is 1. The first kappa shape index (κ1) is 15.0. The first-order valence-electron chi connectivity index (χ1n) is 8.17. The second-order valence-electron chi connectivity index (χ2n) is 6.30. The highest BCUT2D eigenvalue weighted by atomic mass is 16.1. The second-order valence-corrected chi connectivity index (χ2v) is 6.30. The number of amides is 1. The Kier molecular flexibility index (Phi) is 4.43. The summed E-state index contributed by atoms with van der Waals surface area (Å²) in [5.74, 6) is 0.676. The second kappa shape index (κ2) is 6.48. The van der Waals surface area contributed by atoms with Gasteiger partial charge in [-0.25, -0.2) is 4.98 Å². The molecule has 5 nitrogen and oxygen atoms in total. The van der Waals surface area contributed by atoms with Gasteiger partial charge in [0.2, 0.25) is 11.9 Å². The Morgan fingerprint density at radius 3 is 2.86 bits per heavy atom. The number of fused-ring (bicyclic) bond motifs is 1. The van der Waals surface area contributed by atoms with Crippen molar-refractivity contribution in [2.75, 3.05) is 5.32 Å². The van der Waals surface area contributed by atoms with E-state index in [9.17, 15) is 4.79 Å². The van der Waals surface area contributed by atoms with Crippen LogP contribution >= 0.6 is 0 Å². The van der Waals surface area contributed by atoms with Gasteiger partial charge < -0.3 is 10.3 Å². The molecule has 1 fully saturated rings. The van der Waals surface area contributed by atoms with Gasteiger partial charge in [-0.05, 0) is 38.3 Å². The number of carbonyl (C=O) groups is 1. The first-order valence-corrected chi connectivity index (χ1v) is 8.17. The van der Waals surface area contributed by atoms with Crippen LogP contribution in [0.4, 0.5) is 5.95 Å². The number of hydrogen-bond acceptors (Lipinski definition) is 3. The van der Waals surface area contributed by atoms with Crippen LogP contribution in [0, 0.1) is 0 Å². The van der Waals surface area contributed by atoms with Gasteiger partial charge in [0.25, 0.3) is 0 Å². The van der Waals surface area contributed by atoms with Crippen LogP contribution in [0.1, 0.15) is 51.5 Å². The summed E-state index contributed by atoms with van der Waals surface area (Å²) in [6.45, 7) is 1.92. The summed E-state index contributed by atoms with van der Waals surface area (Å²) in [6.07, 6.45) is 5.93. The molecule has 1 aliphatic rings. The van der Waals surface area contributed by atoms with Crippen molar-refractivity contribution in [1.82, 2.24) is 9.55 Å². The third-order valence-corrected chi connectivity index (χ3v) is 4.36.